The van der Waals surface area contributed by atoms with Crippen LogP contribution in [-0.4, -0.2) is 61.7 Å². The van der Waals surface area contributed by atoms with Gasteiger partial charge in [-0.25, -0.2) is 4.98 Å². The van der Waals surface area contributed by atoms with Crippen LogP contribution < -0.4 is 15.5 Å². The first-order valence-electron chi connectivity index (χ1n) is 10.5. The first-order valence-corrected chi connectivity index (χ1v) is 10.5. The summed E-state index contributed by atoms with van der Waals surface area (Å²) in [4.78, 5) is 13.6. The van der Waals surface area contributed by atoms with Crippen molar-refractivity contribution in [2.75, 3.05) is 38.6 Å². The molecule has 0 bridgehead atoms. The summed E-state index contributed by atoms with van der Waals surface area (Å²) in [5, 5.41) is 7.09. The number of pyridine rings is 1. The van der Waals surface area contributed by atoms with E-state index in [1.54, 1.807) is 0 Å². The predicted molar refractivity (Wildman–Crippen MR) is 121 cm³/mol. The van der Waals surface area contributed by atoms with Gasteiger partial charge in [0.15, 0.2) is 5.96 Å². The summed E-state index contributed by atoms with van der Waals surface area (Å²) >= 11 is 0. The lowest BCUT2D eigenvalue weighted by atomic mass is 10.1. The Labute approximate surface area is 175 Å². The zero-order valence-corrected chi connectivity index (χ0v) is 17.9. The molecule has 0 aliphatic carbocycles. The molecule has 2 heterocycles. The number of likely N-dealkylation sites (N-methyl/N-ethyl adjacent to an activating group) is 1. The maximum absolute atomic E-state index is 4.46. The van der Waals surface area contributed by atoms with Crippen LogP contribution in [0.1, 0.15) is 25.3 Å². The van der Waals surface area contributed by atoms with Crippen molar-refractivity contribution in [3.8, 4) is 0 Å². The number of hydrogen-bond acceptors (Lipinski definition) is 4. The highest BCUT2D eigenvalue weighted by Gasteiger charge is 2.21. The minimum Gasteiger partial charge on any atom is -0.356 e. The largest absolute Gasteiger partial charge is 0.356 e. The normalized spacial score (nSPS) is 16.7. The number of nitrogens with zero attached hydrogens (tertiary/aromatic N) is 4. The van der Waals surface area contributed by atoms with E-state index < -0.39 is 0 Å². The van der Waals surface area contributed by atoms with E-state index in [-0.39, 0.29) is 0 Å². The van der Waals surface area contributed by atoms with Crippen LogP contribution in [0.4, 0.5) is 5.82 Å². The fourth-order valence-corrected chi connectivity index (χ4v) is 3.61. The van der Waals surface area contributed by atoms with E-state index in [4.69, 9.17) is 0 Å². The molecule has 29 heavy (non-hydrogen) atoms. The van der Waals surface area contributed by atoms with Crippen LogP contribution in [0.15, 0.2) is 59.7 Å². The van der Waals surface area contributed by atoms with Crippen LogP contribution in [0, 0.1) is 0 Å². The lowest BCUT2D eigenvalue weighted by Crippen LogP contribution is -2.51. The second-order valence-electron chi connectivity index (χ2n) is 7.80. The van der Waals surface area contributed by atoms with E-state index in [2.05, 4.69) is 86.8 Å². The number of rotatable bonds is 7. The molecular formula is C23H34N6. The van der Waals surface area contributed by atoms with Crippen molar-refractivity contribution in [1.29, 1.82) is 0 Å². The lowest BCUT2D eigenvalue weighted by molar-refractivity contribution is 0.249. The number of guanidine groups is 1. The minimum absolute atomic E-state index is 0.403. The molecule has 1 saturated heterocycles. The topological polar surface area (TPSA) is 55.8 Å². The van der Waals surface area contributed by atoms with E-state index in [1.165, 1.54) is 5.56 Å². The number of piperidine rings is 1. The van der Waals surface area contributed by atoms with Gasteiger partial charge >= 0.3 is 0 Å². The zero-order chi connectivity index (χ0) is 20.5. The average molecular weight is 395 g/mol. The molecule has 0 radical (unpaired) electrons. The number of nitrogens with one attached hydrogen (secondary N) is 2. The maximum atomic E-state index is 4.46. The summed E-state index contributed by atoms with van der Waals surface area (Å²) in [7, 11) is 4.01. The van der Waals surface area contributed by atoms with Gasteiger partial charge in [-0.05, 0) is 44.5 Å². The van der Waals surface area contributed by atoms with E-state index in [9.17, 15) is 0 Å². The van der Waals surface area contributed by atoms with E-state index in [0.29, 0.717) is 12.1 Å². The van der Waals surface area contributed by atoms with Crippen LogP contribution in [0.2, 0.25) is 0 Å². The Bertz CT molecular complexity index is 740. The van der Waals surface area contributed by atoms with Crippen LogP contribution in [0.25, 0.3) is 0 Å². The van der Waals surface area contributed by atoms with Gasteiger partial charge in [-0.2, -0.15) is 0 Å². The predicted octanol–water partition coefficient (Wildman–Crippen LogP) is 2.74. The fraction of sp³-hybridized carbons (Fsp3) is 0.478. The second-order valence-corrected chi connectivity index (χ2v) is 7.80. The van der Waals surface area contributed by atoms with Crippen molar-refractivity contribution in [3.05, 3.63) is 60.3 Å². The van der Waals surface area contributed by atoms with Gasteiger partial charge in [-0.1, -0.05) is 36.4 Å². The number of anilines is 1. The zero-order valence-electron chi connectivity index (χ0n) is 17.9. The van der Waals surface area contributed by atoms with Crippen LogP contribution >= 0.6 is 0 Å². The smallest absolute Gasteiger partial charge is 0.191 e. The molecule has 6 nitrogen and oxygen atoms in total. The highest BCUT2D eigenvalue weighted by atomic mass is 15.2. The van der Waals surface area contributed by atoms with Crippen molar-refractivity contribution in [2.24, 2.45) is 4.99 Å². The average Bonchev–Trinajstić information content (AvgIpc) is 2.78. The van der Waals surface area contributed by atoms with E-state index in [0.717, 1.165) is 50.8 Å². The molecule has 1 aromatic heterocycles. The molecule has 2 aromatic rings. The van der Waals surface area contributed by atoms with Crippen molar-refractivity contribution >= 4 is 11.8 Å². The second kappa shape index (κ2) is 10.8. The Balaban J connectivity index is 1.40. The number of aliphatic imine (C=N–C) groups is 1. The third-order valence-electron chi connectivity index (χ3n) is 5.62. The Morgan fingerprint density at radius 3 is 2.55 bits per heavy atom. The number of aromatic nitrogens is 1. The summed E-state index contributed by atoms with van der Waals surface area (Å²) in [6, 6.07) is 17.5. The molecule has 3 rings (SSSR count). The van der Waals surface area contributed by atoms with Gasteiger partial charge in [0.1, 0.15) is 5.82 Å². The third kappa shape index (κ3) is 6.46. The highest BCUT2D eigenvalue weighted by Crippen LogP contribution is 2.17. The molecule has 2 N–H and O–H groups in total. The van der Waals surface area contributed by atoms with E-state index in [1.807, 2.05) is 19.3 Å². The first-order chi connectivity index (χ1) is 14.2. The Kier molecular flexibility index (Phi) is 7.87. The quantitative estimate of drug-likeness (QED) is 0.559. The van der Waals surface area contributed by atoms with Gasteiger partial charge < -0.3 is 15.5 Å². The lowest BCUT2D eigenvalue weighted by Gasteiger charge is -2.34. The SMILES string of the molecule is CN=C(NCC(C)N(C)Cc1ccccc1)NC1CCN(c2ccccn2)CC1. The van der Waals surface area contributed by atoms with Crippen LogP contribution in [0.5, 0.6) is 0 Å². The standard InChI is InChI=1S/C23H34N6/c1-19(28(3)18-20-9-5-4-6-10-20)17-26-23(24-2)27-21-12-15-29(16-13-21)22-11-7-8-14-25-22/h4-11,14,19,21H,12-13,15-18H2,1-3H3,(H2,24,26,27). The molecule has 1 aliphatic rings. The monoisotopic (exact) mass is 394 g/mol. The van der Waals surface area contributed by atoms with Crippen LogP contribution in [0.3, 0.4) is 0 Å². The van der Waals surface area contributed by atoms with Crippen LogP contribution in [-0.2, 0) is 6.54 Å². The van der Waals surface area contributed by atoms with Gasteiger partial charge in [0.25, 0.3) is 0 Å². The van der Waals surface area contributed by atoms with Gasteiger partial charge in [-0.3, -0.25) is 9.89 Å². The van der Waals surface area contributed by atoms with Gasteiger partial charge in [-0.15, -0.1) is 0 Å². The van der Waals surface area contributed by atoms with Gasteiger partial charge in [0, 0.05) is 51.5 Å². The molecule has 1 fully saturated rings. The summed E-state index contributed by atoms with van der Waals surface area (Å²) < 4.78 is 0. The summed E-state index contributed by atoms with van der Waals surface area (Å²) in [5.41, 5.74) is 1.34. The van der Waals surface area contributed by atoms with Gasteiger partial charge in [0.05, 0.1) is 0 Å². The molecule has 1 atom stereocenters. The molecule has 1 aromatic carbocycles. The fourth-order valence-electron chi connectivity index (χ4n) is 3.61. The van der Waals surface area contributed by atoms with Crippen molar-refractivity contribution < 1.29 is 0 Å². The molecule has 1 aliphatic heterocycles. The Morgan fingerprint density at radius 2 is 1.90 bits per heavy atom. The molecule has 0 saturated carbocycles. The molecule has 6 heteroatoms. The molecule has 156 valence electrons. The summed E-state index contributed by atoms with van der Waals surface area (Å²) in [6.45, 7) is 6.08. The molecule has 1 unspecified atom stereocenters. The first kappa shape index (κ1) is 21.1. The van der Waals surface area contributed by atoms with E-state index >= 15 is 0 Å². The molecule has 0 spiro atoms. The van der Waals surface area contributed by atoms with Gasteiger partial charge in [0.2, 0.25) is 0 Å². The minimum atomic E-state index is 0.403. The maximum Gasteiger partial charge on any atom is 0.191 e. The summed E-state index contributed by atoms with van der Waals surface area (Å²) in [5.74, 6) is 1.96. The van der Waals surface area contributed by atoms with Crippen molar-refractivity contribution in [2.45, 2.75) is 38.4 Å². The Hall–Kier alpha value is -2.60. The third-order valence-corrected chi connectivity index (χ3v) is 5.62. The summed E-state index contributed by atoms with van der Waals surface area (Å²) in [6.07, 6.45) is 4.03. The highest BCUT2D eigenvalue weighted by molar-refractivity contribution is 5.80. The molecular weight excluding hydrogens is 360 g/mol. The number of hydrogen-bond donors (Lipinski definition) is 2. The van der Waals surface area contributed by atoms with Crippen molar-refractivity contribution in [1.82, 2.24) is 20.5 Å². The number of benzene rings is 1. The Morgan fingerprint density at radius 1 is 1.17 bits per heavy atom. The molecule has 0 amide bonds. The van der Waals surface area contributed by atoms with Crippen molar-refractivity contribution in [3.63, 3.8) is 0 Å².